The Bertz CT molecular complexity index is 585. The first-order valence-electron chi connectivity index (χ1n) is 7.25. The molecular weight excluding hydrogens is 287 g/mol. The Kier molecular flexibility index (Phi) is 5.34. The van der Waals surface area contributed by atoms with Gasteiger partial charge in [0.05, 0.1) is 12.2 Å². The SMILES string of the molecule is Cc1ccc(F)cc1C(OCC#N)C1CCCN(C(=O)O)C1. The Hall–Kier alpha value is -2.13. The van der Waals surface area contributed by atoms with Crippen LogP contribution in [0.5, 0.6) is 0 Å². The maximum absolute atomic E-state index is 13.6. The third kappa shape index (κ3) is 3.74. The van der Waals surface area contributed by atoms with Crippen molar-refractivity contribution in [3.05, 3.63) is 35.1 Å². The number of carbonyl (C=O) groups is 1. The van der Waals surface area contributed by atoms with Crippen molar-refractivity contribution in [2.24, 2.45) is 5.92 Å². The average Bonchev–Trinajstić information content (AvgIpc) is 2.51. The predicted molar refractivity (Wildman–Crippen MR) is 77.8 cm³/mol. The van der Waals surface area contributed by atoms with Gasteiger partial charge in [-0.1, -0.05) is 6.07 Å². The average molecular weight is 306 g/mol. The zero-order valence-corrected chi connectivity index (χ0v) is 12.5. The molecule has 1 N–H and O–H groups in total. The summed E-state index contributed by atoms with van der Waals surface area (Å²) < 4.78 is 19.2. The molecule has 1 saturated heterocycles. The first-order valence-corrected chi connectivity index (χ1v) is 7.25. The predicted octanol–water partition coefficient (Wildman–Crippen LogP) is 3.11. The molecule has 1 fully saturated rings. The lowest BCUT2D eigenvalue weighted by Crippen LogP contribution is -2.41. The molecule has 1 heterocycles. The number of nitrogens with zero attached hydrogens (tertiary/aromatic N) is 2. The summed E-state index contributed by atoms with van der Waals surface area (Å²) in [6.07, 6.45) is 0.0883. The van der Waals surface area contributed by atoms with E-state index < -0.39 is 12.2 Å². The Balaban J connectivity index is 2.27. The van der Waals surface area contributed by atoms with E-state index in [0.717, 1.165) is 18.4 Å². The smallest absolute Gasteiger partial charge is 0.407 e. The number of rotatable bonds is 4. The van der Waals surface area contributed by atoms with Gasteiger partial charge in [0.2, 0.25) is 0 Å². The maximum Gasteiger partial charge on any atom is 0.407 e. The molecule has 1 amide bonds. The molecule has 118 valence electrons. The molecule has 0 aliphatic carbocycles. The van der Waals surface area contributed by atoms with E-state index >= 15 is 0 Å². The zero-order chi connectivity index (χ0) is 16.1. The molecule has 6 heteroatoms. The Morgan fingerprint density at radius 3 is 3.09 bits per heavy atom. The van der Waals surface area contributed by atoms with Gasteiger partial charge in [0.15, 0.2) is 0 Å². The minimum Gasteiger partial charge on any atom is -0.465 e. The molecule has 0 radical (unpaired) electrons. The van der Waals surface area contributed by atoms with Gasteiger partial charge in [0.25, 0.3) is 0 Å². The number of nitriles is 1. The van der Waals surface area contributed by atoms with Crippen molar-refractivity contribution in [2.75, 3.05) is 19.7 Å². The summed E-state index contributed by atoms with van der Waals surface area (Å²) in [5.41, 5.74) is 1.56. The molecule has 1 aromatic carbocycles. The number of carboxylic acid groups (broad SMARTS) is 1. The van der Waals surface area contributed by atoms with Gasteiger partial charge < -0.3 is 14.7 Å². The number of likely N-dealkylation sites (tertiary alicyclic amines) is 1. The van der Waals surface area contributed by atoms with Crippen LogP contribution in [0.25, 0.3) is 0 Å². The van der Waals surface area contributed by atoms with Gasteiger partial charge in [-0.3, -0.25) is 0 Å². The molecule has 0 saturated carbocycles. The number of aryl methyl sites for hydroxylation is 1. The highest BCUT2D eigenvalue weighted by Gasteiger charge is 2.32. The van der Waals surface area contributed by atoms with Crippen LogP contribution in [0.4, 0.5) is 9.18 Å². The number of benzene rings is 1. The minimum atomic E-state index is -0.959. The van der Waals surface area contributed by atoms with E-state index in [1.54, 1.807) is 6.07 Å². The molecule has 0 spiro atoms. The number of hydrogen-bond donors (Lipinski definition) is 1. The second kappa shape index (κ2) is 7.23. The minimum absolute atomic E-state index is 0.0845. The monoisotopic (exact) mass is 306 g/mol. The summed E-state index contributed by atoms with van der Waals surface area (Å²) in [6, 6.07) is 6.39. The van der Waals surface area contributed by atoms with Crippen LogP contribution in [-0.2, 0) is 4.74 Å². The molecule has 1 aliphatic rings. The maximum atomic E-state index is 13.6. The van der Waals surface area contributed by atoms with Crippen LogP contribution in [0.2, 0.25) is 0 Å². The molecule has 1 aliphatic heterocycles. The van der Waals surface area contributed by atoms with Crippen molar-refractivity contribution < 1.29 is 19.0 Å². The van der Waals surface area contributed by atoms with Gasteiger partial charge in [-0.25, -0.2) is 9.18 Å². The molecule has 2 rings (SSSR count). The van der Waals surface area contributed by atoms with Gasteiger partial charge in [-0.2, -0.15) is 5.26 Å². The van der Waals surface area contributed by atoms with Crippen LogP contribution in [0.1, 0.15) is 30.1 Å². The van der Waals surface area contributed by atoms with E-state index in [-0.39, 0.29) is 18.3 Å². The molecule has 2 unspecified atom stereocenters. The first-order chi connectivity index (χ1) is 10.5. The van der Waals surface area contributed by atoms with Crippen LogP contribution < -0.4 is 0 Å². The van der Waals surface area contributed by atoms with Crippen molar-refractivity contribution in [3.8, 4) is 6.07 Å². The molecule has 5 nitrogen and oxygen atoms in total. The molecule has 2 atom stereocenters. The summed E-state index contributed by atoms with van der Waals surface area (Å²) in [4.78, 5) is 12.5. The zero-order valence-electron chi connectivity index (χ0n) is 12.5. The second-order valence-corrected chi connectivity index (χ2v) is 5.52. The van der Waals surface area contributed by atoms with Crippen LogP contribution in [0, 0.1) is 30.0 Å². The van der Waals surface area contributed by atoms with Gasteiger partial charge in [-0.15, -0.1) is 0 Å². The number of halogens is 1. The number of amides is 1. The summed E-state index contributed by atoms with van der Waals surface area (Å²) in [5.74, 6) is -0.448. The van der Waals surface area contributed by atoms with Crippen molar-refractivity contribution in [2.45, 2.75) is 25.9 Å². The van der Waals surface area contributed by atoms with E-state index in [4.69, 9.17) is 15.1 Å². The number of ether oxygens (including phenoxy) is 1. The molecule has 1 aromatic rings. The first kappa shape index (κ1) is 16.2. The van der Waals surface area contributed by atoms with Gasteiger partial charge in [0.1, 0.15) is 12.4 Å². The highest BCUT2D eigenvalue weighted by molar-refractivity contribution is 5.65. The Labute approximate surface area is 128 Å². The highest BCUT2D eigenvalue weighted by atomic mass is 19.1. The molecule has 0 bridgehead atoms. The largest absolute Gasteiger partial charge is 0.465 e. The van der Waals surface area contributed by atoms with Crippen molar-refractivity contribution in [1.82, 2.24) is 4.90 Å². The van der Waals surface area contributed by atoms with Gasteiger partial charge in [0, 0.05) is 19.0 Å². The van der Waals surface area contributed by atoms with Crippen LogP contribution in [0.3, 0.4) is 0 Å². The quantitative estimate of drug-likeness (QED) is 0.927. The van der Waals surface area contributed by atoms with Crippen LogP contribution in [0.15, 0.2) is 18.2 Å². The van der Waals surface area contributed by atoms with E-state index in [9.17, 15) is 9.18 Å². The molecule has 0 aromatic heterocycles. The fraction of sp³-hybridized carbons (Fsp3) is 0.500. The van der Waals surface area contributed by atoms with E-state index in [2.05, 4.69) is 0 Å². The van der Waals surface area contributed by atoms with Crippen molar-refractivity contribution in [1.29, 1.82) is 5.26 Å². The lowest BCUT2D eigenvalue weighted by molar-refractivity contribution is 0.000910. The van der Waals surface area contributed by atoms with E-state index in [1.807, 2.05) is 13.0 Å². The number of piperidine rings is 1. The van der Waals surface area contributed by atoms with Crippen LogP contribution in [-0.4, -0.2) is 35.8 Å². The topological polar surface area (TPSA) is 73.6 Å². The lowest BCUT2D eigenvalue weighted by Gasteiger charge is -2.35. The summed E-state index contributed by atoms with van der Waals surface area (Å²) in [7, 11) is 0. The van der Waals surface area contributed by atoms with Gasteiger partial charge >= 0.3 is 6.09 Å². The fourth-order valence-electron chi connectivity index (χ4n) is 2.96. The Morgan fingerprint density at radius 1 is 1.64 bits per heavy atom. The van der Waals surface area contributed by atoms with Gasteiger partial charge in [-0.05, 0) is 43.0 Å². The standard InChI is InChI=1S/C16H19FN2O3/c1-11-4-5-13(17)9-14(11)15(22-8-6-18)12-3-2-7-19(10-12)16(20)21/h4-5,9,12,15H,2-3,7-8,10H2,1H3,(H,20,21). The fourth-order valence-corrected chi connectivity index (χ4v) is 2.96. The third-order valence-electron chi connectivity index (χ3n) is 4.03. The van der Waals surface area contributed by atoms with Crippen molar-refractivity contribution in [3.63, 3.8) is 0 Å². The number of hydrogen-bond acceptors (Lipinski definition) is 3. The summed E-state index contributed by atoms with van der Waals surface area (Å²) in [6.45, 7) is 2.58. The van der Waals surface area contributed by atoms with E-state index in [1.165, 1.54) is 17.0 Å². The molecule has 22 heavy (non-hydrogen) atoms. The third-order valence-corrected chi connectivity index (χ3v) is 4.03. The highest BCUT2D eigenvalue weighted by Crippen LogP contribution is 2.34. The van der Waals surface area contributed by atoms with E-state index in [0.29, 0.717) is 18.7 Å². The summed E-state index contributed by atoms with van der Waals surface area (Å²) >= 11 is 0. The Morgan fingerprint density at radius 2 is 2.41 bits per heavy atom. The summed E-state index contributed by atoms with van der Waals surface area (Å²) in [5, 5.41) is 17.9. The second-order valence-electron chi connectivity index (χ2n) is 5.52. The normalized spacial score (nSPS) is 19.5. The van der Waals surface area contributed by atoms with Crippen molar-refractivity contribution >= 4 is 6.09 Å². The molecular formula is C16H19FN2O3. The van der Waals surface area contributed by atoms with Crippen LogP contribution >= 0.6 is 0 Å². The lowest BCUT2D eigenvalue weighted by atomic mass is 9.86.